The lowest BCUT2D eigenvalue weighted by Gasteiger charge is -2.16. The van der Waals surface area contributed by atoms with Crippen LogP contribution < -0.4 is 5.32 Å². The van der Waals surface area contributed by atoms with Gasteiger partial charge in [0.1, 0.15) is 6.29 Å². The monoisotopic (exact) mass is 297 g/mol. The zero-order valence-corrected chi connectivity index (χ0v) is 13.4. The quantitative estimate of drug-likeness (QED) is 0.533. The third kappa shape index (κ3) is 6.10. The van der Waals surface area contributed by atoms with E-state index in [2.05, 4.69) is 29.6 Å². The highest BCUT2D eigenvalue weighted by molar-refractivity contribution is 7.46. The Hall–Kier alpha value is -0.800. The summed E-state index contributed by atoms with van der Waals surface area (Å²) in [6.07, 6.45) is 2.46. The SMILES string of the molecule is CCOP(Cc1ccc(CC(C=O)NC)cc1)OCC. The first-order valence-corrected chi connectivity index (χ1v) is 8.33. The maximum absolute atomic E-state index is 10.8. The maximum atomic E-state index is 10.8. The van der Waals surface area contributed by atoms with Crippen molar-refractivity contribution in [2.24, 2.45) is 0 Å². The van der Waals surface area contributed by atoms with Crippen LogP contribution in [0.1, 0.15) is 25.0 Å². The van der Waals surface area contributed by atoms with Crippen LogP contribution in [0.2, 0.25) is 0 Å². The standard InChI is InChI=1S/C15H24NO3P/c1-4-18-20(19-5-2)12-14-8-6-13(7-9-14)10-15(11-17)16-3/h6-9,11,15-16H,4-5,10,12H2,1-3H3. The summed E-state index contributed by atoms with van der Waals surface area (Å²) in [4.78, 5) is 10.8. The smallest absolute Gasteiger partial charge is 0.175 e. The largest absolute Gasteiger partial charge is 0.334 e. The average Bonchev–Trinajstić information content (AvgIpc) is 2.47. The van der Waals surface area contributed by atoms with Crippen LogP contribution in [-0.4, -0.2) is 32.6 Å². The Morgan fingerprint density at radius 3 is 2.15 bits per heavy atom. The summed E-state index contributed by atoms with van der Waals surface area (Å²) in [6, 6.07) is 8.17. The Morgan fingerprint density at radius 1 is 1.15 bits per heavy atom. The van der Waals surface area contributed by atoms with E-state index < -0.39 is 8.38 Å². The summed E-state index contributed by atoms with van der Waals surface area (Å²) in [5.74, 6) is 0. The molecule has 0 bridgehead atoms. The lowest BCUT2D eigenvalue weighted by molar-refractivity contribution is -0.109. The van der Waals surface area contributed by atoms with Gasteiger partial charge in [-0.2, -0.15) is 0 Å². The summed E-state index contributed by atoms with van der Waals surface area (Å²) in [5, 5.41) is 2.98. The zero-order chi connectivity index (χ0) is 14.8. The molecule has 0 saturated heterocycles. The molecule has 0 radical (unpaired) electrons. The number of carbonyl (C=O) groups excluding carboxylic acids is 1. The Bertz CT molecular complexity index is 377. The predicted molar refractivity (Wildman–Crippen MR) is 82.9 cm³/mol. The molecule has 1 N–H and O–H groups in total. The number of rotatable bonds is 10. The molecule has 0 aliphatic rings. The van der Waals surface area contributed by atoms with Crippen LogP contribution in [0.15, 0.2) is 24.3 Å². The second-order valence-electron chi connectivity index (χ2n) is 4.38. The molecule has 112 valence electrons. The van der Waals surface area contributed by atoms with Gasteiger partial charge in [0.2, 0.25) is 0 Å². The molecule has 1 unspecified atom stereocenters. The fraction of sp³-hybridized carbons (Fsp3) is 0.533. The Balaban J connectivity index is 2.58. The normalized spacial score (nSPS) is 12.6. The molecule has 0 aromatic heterocycles. The Morgan fingerprint density at radius 2 is 1.70 bits per heavy atom. The van der Waals surface area contributed by atoms with Crippen molar-refractivity contribution in [2.75, 3.05) is 20.3 Å². The number of likely N-dealkylation sites (N-methyl/N-ethyl adjacent to an activating group) is 1. The van der Waals surface area contributed by atoms with Crippen LogP contribution in [0.4, 0.5) is 0 Å². The molecule has 0 aliphatic heterocycles. The van der Waals surface area contributed by atoms with Gasteiger partial charge in [-0.25, -0.2) is 0 Å². The van der Waals surface area contributed by atoms with Gasteiger partial charge in [-0.05, 0) is 38.4 Å². The fourth-order valence-electron chi connectivity index (χ4n) is 1.82. The zero-order valence-electron chi connectivity index (χ0n) is 12.5. The van der Waals surface area contributed by atoms with Gasteiger partial charge in [-0.3, -0.25) is 0 Å². The van der Waals surface area contributed by atoms with E-state index in [9.17, 15) is 4.79 Å². The number of aldehydes is 1. The van der Waals surface area contributed by atoms with Crippen molar-refractivity contribution in [3.8, 4) is 0 Å². The van der Waals surface area contributed by atoms with Crippen LogP contribution >= 0.6 is 8.38 Å². The first kappa shape index (κ1) is 17.3. The number of nitrogens with one attached hydrogen (secondary N) is 1. The molecule has 1 aromatic carbocycles. The van der Waals surface area contributed by atoms with Crippen molar-refractivity contribution in [3.05, 3.63) is 35.4 Å². The lowest BCUT2D eigenvalue weighted by atomic mass is 10.1. The molecular weight excluding hydrogens is 273 g/mol. The molecular formula is C15H24NO3P. The molecule has 1 atom stereocenters. The van der Waals surface area contributed by atoms with E-state index in [4.69, 9.17) is 9.05 Å². The highest BCUT2D eigenvalue weighted by Gasteiger charge is 2.11. The highest BCUT2D eigenvalue weighted by atomic mass is 31.2. The fourth-order valence-corrected chi connectivity index (χ4v) is 3.16. The lowest BCUT2D eigenvalue weighted by Crippen LogP contribution is -2.28. The Labute approximate surface area is 122 Å². The van der Waals surface area contributed by atoms with Gasteiger partial charge >= 0.3 is 0 Å². The van der Waals surface area contributed by atoms with Crippen molar-refractivity contribution in [3.63, 3.8) is 0 Å². The first-order valence-electron chi connectivity index (χ1n) is 6.97. The van der Waals surface area contributed by atoms with Gasteiger partial charge in [0, 0.05) is 6.16 Å². The second kappa shape index (κ2) is 10.0. The van der Waals surface area contributed by atoms with Crippen LogP contribution in [0.5, 0.6) is 0 Å². The van der Waals surface area contributed by atoms with E-state index >= 15 is 0 Å². The van der Waals surface area contributed by atoms with Crippen LogP contribution in [-0.2, 0) is 26.4 Å². The molecule has 20 heavy (non-hydrogen) atoms. The third-order valence-corrected chi connectivity index (χ3v) is 4.59. The van der Waals surface area contributed by atoms with E-state index in [1.807, 2.05) is 13.8 Å². The molecule has 4 nitrogen and oxygen atoms in total. The molecule has 0 spiro atoms. The van der Waals surface area contributed by atoms with Gasteiger partial charge < -0.3 is 19.2 Å². The summed E-state index contributed by atoms with van der Waals surface area (Å²) < 4.78 is 11.2. The van der Waals surface area contributed by atoms with E-state index in [1.165, 1.54) is 5.56 Å². The Kier molecular flexibility index (Phi) is 8.63. The second-order valence-corrected chi connectivity index (χ2v) is 5.88. The van der Waals surface area contributed by atoms with Crippen molar-refractivity contribution in [2.45, 2.75) is 32.5 Å². The maximum Gasteiger partial charge on any atom is 0.175 e. The van der Waals surface area contributed by atoms with Crippen molar-refractivity contribution in [1.29, 1.82) is 0 Å². The van der Waals surface area contributed by atoms with Crippen molar-refractivity contribution in [1.82, 2.24) is 5.32 Å². The summed E-state index contributed by atoms with van der Waals surface area (Å²) in [6.45, 7) is 5.31. The number of carbonyl (C=O) groups is 1. The average molecular weight is 297 g/mol. The minimum Gasteiger partial charge on any atom is -0.334 e. The minimum absolute atomic E-state index is 0.121. The van der Waals surface area contributed by atoms with Gasteiger partial charge in [0.05, 0.1) is 19.3 Å². The van der Waals surface area contributed by atoms with E-state index in [1.54, 1.807) is 7.05 Å². The predicted octanol–water partition coefficient (Wildman–Crippen LogP) is 2.90. The van der Waals surface area contributed by atoms with Crippen molar-refractivity contribution < 1.29 is 13.8 Å². The molecule has 1 aromatic rings. The summed E-state index contributed by atoms with van der Waals surface area (Å²) >= 11 is 0. The van der Waals surface area contributed by atoms with E-state index in [0.29, 0.717) is 19.6 Å². The van der Waals surface area contributed by atoms with Crippen LogP contribution in [0.25, 0.3) is 0 Å². The number of benzene rings is 1. The summed E-state index contributed by atoms with van der Waals surface area (Å²) in [5.41, 5.74) is 2.35. The molecule has 0 fully saturated rings. The van der Waals surface area contributed by atoms with Crippen LogP contribution in [0.3, 0.4) is 0 Å². The molecule has 5 heteroatoms. The molecule has 0 heterocycles. The molecule has 0 saturated carbocycles. The number of hydrogen-bond donors (Lipinski definition) is 1. The topological polar surface area (TPSA) is 47.6 Å². The molecule has 1 rings (SSSR count). The van der Waals surface area contributed by atoms with Gasteiger partial charge in [0.15, 0.2) is 8.38 Å². The van der Waals surface area contributed by atoms with E-state index in [0.717, 1.165) is 18.0 Å². The highest BCUT2D eigenvalue weighted by Crippen LogP contribution is 2.41. The van der Waals surface area contributed by atoms with Crippen LogP contribution in [0, 0.1) is 0 Å². The summed E-state index contributed by atoms with van der Waals surface area (Å²) in [7, 11) is 0.958. The third-order valence-electron chi connectivity index (χ3n) is 2.87. The molecule has 0 amide bonds. The first-order chi connectivity index (χ1) is 9.73. The van der Waals surface area contributed by atoms with Gasteiger partial charge in [-0.1, -0.05) is 24.3 Å². The van der Waals surface area contributed by atoms with Gasteiger partial charge in [-0.15, -0.1) is 0 Å². The molecule has 0 aliphatic carbocycles. The number of hydrogen-bond acceptors (Lipinski definition) is 4. The van der Waals surface area contributed by atoms with Gasteiger partial charge in [0.25, 0.3) is 0 Å². The van der Waals surface area contributed by atoms with Crippen molar-refractivity contribution >= 4 is 14.7 Å². The minimum atomic E-state index is -0.838. The van der Waals surface area contributed by atoms with E-state index in [-0.39, 0.29) is 6.04 Å².